The third-order valence-corrected chi connectivity index (χ3v) is 5.62. The molecule has 1 aromatic heterocycles. The van der Waals surface area contributed by atoms with Crippen LogP contribution in [0.15, 0.2) is 60.7 Å². The summed E-state index contributed by atoms with van der Waals surface area (Å²) in [6.45, 7) is 2.66. The normalized spacial score (nSPS) is 16.8. The summed E-state index contributed by atoms with van der Waals surface area (Å²) in [6.07, 6.45) is 0. The number of amides is 1. The molecule has 0 aliphatic carbocycles. The van der Waals surface area contributed by atoms with Crippen LogP contribution >= 0.6 is 11.8 Å². The van der Waals surface area contributed by atoms with Crippen molar-refractivity contribution in [3.05, 3.63) is 83.0 Å². The lowest BCUT2D eigenvalue weighted by molar-refractivity contribution is -0.113. The smallest absolute Gasteiger partial charge is 0.235 e. The number of nitrogens with zero attached hydrogens (tertiary/aromatic N) is 2. The quantitative estimate of drug-likeness (QED) is 0.777. The van der Waals surface area contributed by atoms with Gasteiger partial charge in [-0.05, 0) is 18.1 Å². The van der Waals surface area contributed by atoms with Crippen LogP contribution in [-0.4, -0.2) is 21.4 Å². The molecule has 1 amide bonds. The molecular formula is C20H19N3OS. The molecule has 0 unspecified atom stereocenters. The van der Waals surface area contributed by atoms with E-state index in [4.69, 9.17) is 5.10 Å². The maximum absolute atomic E-state index is 12.3. The Hall–Kier alpha value is -2.53. The summed E-state index contributed by atoms with van der Waals surface area (Å²) in [6, 6.07) is 20.5. The van der Waals surface area contributed by atoms with Crippen molar-refractivity contribution in [2.24, 2.45) is 0 Å². The number of nitrogens with one attached hydrogen (secondary N) is 1. The molecule has 1 N–H and O–H groups in total. The van der Waals surface area contributed by atoms with E-state index in [2.05, 4.69) is 29.6 Å². The number of fused-ring (bicyclic) bond motifs is 1. The molecule has 1 atom stereocenters. The average molecular weight is 349 g/mol. The summed E-state index contributed by atoms with van der Waals surface area (Å²) >= 11 is 1.66. The average Bonchev–Trinajstić information content (AvgIpc) is 2.82. The van der Waals surface area contributed by atoms with Crippen LogP contribution in [0.4, 0.5) is 5.82 Å². The Balaban J connectivity index is 1.79. The largest absolute Gasteiger partial charge is 0.310 e. The van der Waals surface area contributed by atoms with Crippen molar-refractivity contribution < 1.29 is 4.79 Å². The molecule has 1 aliphatic rings. The number of carbonyl (C=O) groups excluding carboxylic acids is 1. The predicted molar refractivity (Wildman–Crippen MR) is 102 cm³/mol. The minimum Gasteiger partial charge on any atom is -0.310 e. The van der Waals surface area contributed by atoms with Gasteiger partial charge in [-0.2, -0.15) is 5.10 Å². The van der Waals surface area contributed by atoms with E-state index in [1.807, 2.05) is 48.0 Å². The van der Waals surface area contributed by atoms with Crippen LogP contribution in [0.3, 0.4) is 0 Å². The van der Waals surface area contributed by atoms with Crippen LogP contribution < -0.4 is 5.32 Å². The molecule has 0 saturated carbocycles. The van der Waals surface area contributed by atoms with Crippen molar-refractivity contribution in [1.82, 2.24) is 9.78 Å². The highest BCUT2D eigenvalue weighted by molar-refractivity contribution is 8.00. The SMILES string of the molecule is Cc1nn(Cc2ccccc2)c2c1[C@@H](c1ccccc1)SCC(=O)N2. The van der Waals surface area contributed by atoms with Crippen molar-refractivity contribution in [1.29, 1.82) is 0 Å². The molecule has 1 aliphatic heterocycles. The number of carbonyl (C=O) groups is 1. The maximum atomic E-state index is 12.3. The summed E-state index contributed by atoms with van der Waals surface area (Å²) < 4.78 is 1.92. The Kier molecular flexibility index (Phi) is 4.32. The first kappa shape index (κ1) is 16.0. The van der Waals surface area contributed by atoms with E-state index >= 15 is 0 Å². The molecular weight excluding hydrogens is 330 g/mol. The zero-order valence-electron chi connectivity index (χ0n) is 14.0. The van der Waals surface area contributed by atoms with E-state index in [-0.39, 0.29) is 11.2 Å². The molecule has 0 radical (unpaired) electrons. The van der Waals surface area contributed by atoms with Gasteiger partial charge >= 0.3 is 0 Å². The summed E-state index contributed by atoms with van der Waals surface area (Å²) in [5.74, 6) is 1.29. The summed E-state index contributed by atoms with van der Waals surface area (Å²) in [5.41, 5.74) is 4.44. The molecule has 0 spiro atoms. The van der Waals surface area contributed by atoms with Crippen molar-refractivity contribution in [3.63, 3.8) is 0 Å². The van der Waals surface area contributed by atoms with Gasteiger partial charge in [0, 0.05) is 5.56 Å². The van der Waals surface area contributed by atoms with E-state index in [9.17, 15) is 4.79 Å². The van der Waals surface area contributed by atoms with Gasteiger partial charge in [0.05, 0.1) is 23.2 Å². The first-order chi connectivity index (χ1) is 12.2. The second kappa shape index (κ2) is 6.76. The lowest BCUT2D eigenvalue weighted by atomic mass is 10.0. The predicted octanol–water partition coefficient (Wildman–Crippen LogP) is 4.01. The Bertz CT molecular complexity index is 890. The molecule has 2 heterocycles. The van der Waals surface area contributed by atoms with E-state index < -0.39 is 0 Å². The highest BCUT2D eigenvalue weighted by atomic mass is 32.2. The molecule has 0 bridgehead atoms. The van der Waals surface area contributed by atoms with Crippen LogP contribution in [0.2, 0.25) is 0 Å². The van der Waals surface area contributed by atoms with E-state index in [0.29, 0.717) is 12.3 Å². The molecule has 5 heteroatoms. The van der Waals surface area contributed by atoms with Gasteiger partial charge in [-0.3, -0.25) is 4.79 Å². The highest BCUT2D eigenvalue weighted by Gasteiger charge is 2.29. The number of thioether (sulfide) groups is 1. The Morgan fingerprint density at radius 2 is 1.80 bits per heavy atom. The van der Waals surface area contributed by atoms with Gasteiger partial charge in [0.15, 0.2) is 0 Å². The van der Waals surface area contributed by atoms with E-state index in [1.165, 1.54) is 5.56 Å². The summed E-state index contributed by atoms with van der Waals surface area (Å²) in [7, 11) is 0. The summed E-state index contributed by atoms with van der Waals surface area (Å²) in [4.78, 5) is 12.3. The van der Waals surface area contributed by atoms with Crippen molar-refractivity contribution >= 4 is 23.5 Å². The van der Waals surface area contributed by atoms with Gasteiger partial charge in [0.25, 0.3) is 0 Å². The Morgan fingerprint density at radius 1 is 1.12 bits per heavy atom. The zero-order valence-corrected chi connectivity index (χ0v) is 14.8. The molecule has 25 heavy (non-hydrogen) atoms. The third kappa shape index (κ3) is 3.20. The number of rotatable bonds is 3. The monoisotopic (exact) mass is 349 g/mol. The Labute approximate surface area is 151 Å². The molecule has 0 saturated heterocycles. The van der Waals surface area contributed by atoms with Crippen molar-refractivity contribution in [3.8, 4) is 0 Å². The molecule has 3 aromatic rings. The van der Waals surface area contributed by atoms with E-state index in [0.717, 1.165) is 22.6 Å². The third-order valence-electron chi connectivity index (χ3n) is 4.35. The number of aromatic nitrogens is 2. The standard InChI is InChI=1S/C20H19N3OS/c1-14-18-19(16-10-6-3-7-11-16)25-13-17(24)21-20(18)23(22-14)12-15-8-4-2-5-9-15/h2-11,19H,12-13H2,1H3,(H,21,24)/t19-/m1/s1. The van der Waals surface area contributed by atoms with Gasteiger partial charge in [-0.1, -0.05) is 60.7 Å². The molecule has 0 fully saturated rings. The topological polar surface area (TPSA) is 46.9 Å². The van der Waals surface area contributed by atoms with Crippen molar-refractivity contribution in [2.75, 3.05) is 11.1 Å². The van der Waals surface area contributed by atoms with Gasteiger partial charge < -0.3 is 5.32 Å². The summed E-state index contributed by atoms with van der Waals surface area (Å²) in [5, 5.41) is 7.91. The fourth-order valence-corrected chi connectivity index (χ4v) is 4.40. The van der Waals surface area contributed by atoms with Crippen LogP contribution in [0.25, 0.3) is 0 Å². The molecule has 4 rings (SSSR count). The number of hydrogen-bond acceptors (Lipinski definition) is 3. The second-order valence-corrected chi connectivity index (χ2v) is 7.23. The van der Waals surface area contributed by atoms with Gasteiger partial charge in [0.1, 0.15) is 5.82 Å². The maximum Gasteiger partial charge on any atom is 0.235 e. The van der Waals surface area contributed by atoms with Crippen molar-refractivity contribution in [2.45, 2.75) is 18.7 Å². The fraction of sp³-hybridized carbons (Fsp3) is 0.200. The number of aryl methyl sites for hydroxylation is 1. The molecule has 126 valence electrons. The second-order valence-electron chi connectivity index (χ2n) is 6.14. The van der Waals surface area contributed by atoms with Crippen LogP contribution in [0.5, 0.6) is 0 Å². The number of anilines is 1. The molecule has 2 aromatic carbocycles. The zero-order chi connectivity index (χ0) is 17.2. The first-order valence-electron chi connectivity index (χ1n) is 8.30. The van der Waals surface area contributed by atoms with Gasteiger partial charge in [0.2, 0.25) is 5.91 Å². The fourth-order valence-electron chi connectivity index (χ4n) is 3.21. The lowest BCUT2D eigenvalue weighted by Gasteiger charge is -2.15. The van der Waals surface area contributed by atoms with Crippen LogP contribution in [0.1, 0.15) is 27.6 Å². The molecule has 4 nitrogen and oxygen atoms in total. The highest BCUT2D eigenvalue weighted by Crippen LogP contribution is 2.43. The van der Waals surface area contributed by atoms with Gasteiger partial charge in [-0.25, -0.2) is 4.68 Å². The number of hydrogen-bond donors (Lipinski definition) is 1. The van der Waals surface area contributed by atoms with Crippen LogP contribution in [-0.2, 0) is 11.3 Å². The number of benzene rings is 2. The van der Waals surface area contributed by atoms with E-state index in [1.54, 1.807) is 11.8 Å². The lowest BCUT2D eigenvalue weighted by Crippen LogP contribution is -2.16. The Morgan fingerprint density at radius 3 is 2.52 bits per heavy atom. The van der Waals surface area contributed by atoms with Crippen LogP contribution in [0, 0.1) is 6.92 Å². The first-order valence-corrected chi connectivity index (χ1v) is 9.35. The minimum absolute atomic E-state index is 0.0268. The minimum atomic E-state index is 0.0268. The van der Waals surface area contributed by atoms with Gasteiger partial charge in [-0.15, -0.1) is 11.8 Å².